The number of aliphatic hydroxyl groups excluding tert-OH is 1. The highest BCUT2D eigenvalue weighted by Crippen LogP contribution is 2.35. The van der Waals surface area contributed by atoms with Crippen LogP contribution in [0.4, 0.5) is 0 Å². The summed E-state index contributed by atoms with van der Waals surface area (Å²) in [5.41, 5.74) is 3.46. The minimum Gasteiger partial charge on any atom is -0.395 e. The van der Waals surface area contributed by atoms with Crippen LogP contribution in [0, 0.1) is 0 Å². The number of rotatable bonds is 2. The molecule has 2 heteroatoms. The highest BCUT2D eigenvalue weighted by atomic mass is 16.3. The van der Waals surface area contributed by atoms with E-state index >= 15 is 0 Å². The topological polar surface area (TPSA) is 23.5 Å². The summed E-state index contributed by atoms with van der Waals surface area (Å²) in [7, 11) is 0. The Morgan fingerprint density at radius 2 is 1.58 bits per heavy atom. The zero-order valence-electron chi connectivity index (χ0n) is 7.55. The molecule has 0 spiro atoms. The second kappa shape index (κ2) is 3.58. The van der Waals surface area contributed by atoms with Crippen molar-refractivity contribution in [2.24, 2.45) is 0 Å². The summed E-state index contributed by atoms with van der Waals surface area (Å²) in [6, 6.07) is 0. The van der Waals surface area contributed by atoms with E-state index in [9.17, 15) is 0 Å². The zero-order valence-corrected chi connectivity index (χ0v) is 7.55. The second-order valence-corrected chi connectivity index (χ2v) is 3.77. The molecule has 2 aliphatic rings. The highest BCUT2D eigenvalue weighted by molar-refractivity contribution is 5.26. The van der Waals surface area contributed by atoms with E-state index in [1.807, 2.05) is 0 Å². The van der Waals surface area contributed by atoms with Gasteiger partial charge in [-0.05, 0) is 25.7 Å². The van der Waals surface area contributed by atoms with Gasteiger partial charge in [-0.15, -0.1) is 0 Å². The molecule has 1 heterocycles. The lowest BCUT2D eigenvalue weighted by atomic mass is 10.0. The summed E-state index contributed by atoms with van der Waals surface area (Å²) in [6.45, 7) is 3.51. The summed E-state index contributed by atoms with van der Waals surface area (Å²) in [5.74, 6) is 0. The van der Waals surface area contributed by atoms with Gasteiger partial charge in [-0.2, -0.15) is 0 Å². The molecule has 0 unspecified atom stereocenters. The van der Waals surface area contributed by atoms with Crippen molar-refractivity contribution in [3.63, 3.8) is 0 Å². The molecule has 1 saturated heterocycles. The zero-order chi connectivity index (χ0) is 8.39. The Bertz CT molecular complexity index is 182. The molecule has 0 amide bonds. The first-order valence-electron chi connectivity index (χ1n) is 4.93. The number of likely N-dealkylation sites (tertiary alicyclic amines) is 1. The molecule has 1 aliphatic carbocycles. The first-order chi connectivity index (χ1) is 5.90. The molecule has 0 aromatic rings. The molecule has 2 rings (SSSR count). The lowest BCUT2D eigenvalue weighted by Gasteiger charge is -2.27. The molecule has 1 aliphatic heterocycles. The first-order valence-corrected chi connectivity index (χ1v) is 4.93. The van der Waals surface area contributed by atoms with E-state index in [4.69, 9.17) is 5.11 Å². The first kappa shape index (κ1) is 8.27. The third-order valence-electron chi connectivity index (χ3n) is 2.88. The average Bonchev–Trinajstić information content (AvgIpc) is 2.89. The van der Waals surface area contributed by atoms with Crippen molar-refractivity contribution in [3.05, 3.63) is 11.1 Å². The summed E-state index contributed by atoms with van der Waals surface area (Å²) in [6.07, 6.45) is 5.26. The van der Waals surface area contributed by atoms with Crippen LogP contribution in [0.2, 0.25) is 0 Å². The van der Waals surface area contributed by atoms with Crippen molar-refractivity contribution in [2.45, 2.75) is 25.7 Å². The number of allylic oxidation sites excluding steroid dienone is 1. The summed E-state index contributed by atoms with van der Waals surface area (Å²) < 4.78 is 0. The molecule has 0 aromatic carbocycles. The highest BCUT2D eigenvalue weighted by Gasteiger charge is 2.21. The van der Waals surface area contributed by atoms with E-state index in [2.05, 4.69) is 4.90 Å². The largest absolute Gasteiger partial charge is 0.395 e. The molecule has 2 fully saturated rings. The number of piperidine rings is 1. The number of β-amino-alcohol motifs (C(OH)–C–C–N with tert-alkyl or cyclic N) is 1. The van der Waals surface area contributed by atoms with Gasteiger partial charge in [-0.1, -0.05) is 11.1 Å². The molecule has 2 nitrogen and oxygen atoms in total. The van der Waals surface area contributed by atoms with Crippen molar-refractivity contribution in [1.29, 1.82) is 0 Å². The van der Waals surface area contributed by atoms with Gasteiger partial charge in [0.2, 0.25) is 0 Å². The minimum atomic E-state index is 0.311. The van der Waals surface area contributed by atoms with Gasteiger partial charge in [0.25, 0.3) is 0 Å². The van der Waals surface area contributed by atoms with Crippen molar-refractivity contribution in [1.82, 2.24) is 4.90 Å². The smallest absolute Gasteiger partial charge is 0.0558 e. The number of aliphatic hydroxyl groups is 1. The van der Waals surface area contributed by atoms with Gasteiger partial charge in [0.05, 0.1) is 6.61 Å². The Morgan fingerprint density at radius 1 is 1.00 bits per heavy atom. The maximum atomic E-state index is 8.75. The molecule has 1 N–H and O–H groups in total. The van der Waals surface area contributed by atoms with Crippen LogP contribution in [0.15, 0.2) is 11.1 Å². The van der Waals surface area contributed by atoms with Crippen LogP contribution in [-0.2, 0) is 0 Å². The maximum Gasteiger partial charge on any atom is 0.0558 e. The van der Waals surface area contributed by atoms with Gasteiger partial charge in [0, 0.05) is 19.6 Å². The molecular formula is C10H17NO. The maximum absolute atomic E-state index is 8.75. The Morgan fingerprint density at radius 3 is 2.08 bits per heavy atom. The van der Waals surface area contributed by atoms with Gasteiger partial charge < -0.3 is 10.0 Å². The molecule has 0 aromatic heterocycles. The van der Waals surface area contributed by atoms with Crippen LogP contribution in [0.5, 0.6) is 0 Å². The molecule has 0 atom stereocenters. The van der Waals surface area contributed by atoms with E-state index in [0.29, 0.717) is 6.61 Å². The van der Waals surface area contributed by atoms with Crippen LogP contribution in [-0.4, -0.2) is 36.2 Å². The van der Waals surface area contributed by atoms with Gasteiger partial charge in [0.1, 0.15) is 0 Å². The minimum absolute atomic E-state index is 0.311. The van der Waals surface area contributed by atoms with Crippen molar-refractivity contribution in [3.8, 4) is 0 Å². The lowest BCUT2D eigenvalue weighted by molar-refractivity contribution is 0.187. The fraction of sp³-hybridized carbons (Fsp3) is 0.800. The number of nitrogens with zero attached hydrogens (tertiary/aromatic N) is 1. The number of hydrogen-bond acceptors (Lipinski definition) is 2. The third-order valence-corrected chi connectivity index (χ3v) is 2.88. The molecule has 1 saturated carbocycles. The van der Waals surface area contributed by atoms with E-state index in [1.165, 1.54) is 38.8 Å². The summed E-state index contributed by atoms with van der Waals surface area (Å²) >= 11 is 0. The van der Waals surface area contributed by atoms with Crippen LogP contribution in [0.25, 0.3) is 0 Å². The van der Waals surface area contributed by atoms with E-state index < -0.39 is 0 Å². The Hall–Kier alpha value is -0.340. The van der Waals surface area contributed by atoms with Crippen molar-refractivity contribution < 1.29 is 5.11 Å². The van der Waals surface area contributed by atoms with Crippen molar-refractivity contribution >= 4 is 0 Å². The van der Waals surface area contributed by atoms with Gasteiger partial charge >= 0.3 is 0 Å². The molecule has 0 radical (unpaired) electrons. The molecule has 12 heavy (non-hydrogen) atoms. The molecule has 68 valence electrons. The fourth-order valence-electron chi connectivity index (χ4n) is 1.96. The van der Waals surface area contributed by atoms with Crippen LogP contribution in [0.3, 0.4) is 0 Å². The lowest BCUT2D eigenvalue weighted by Crippen LogP contribution is -2.33. The van der Waals surface area contributed by atoms with Crippen molar-refractivity contribution in [2.75, 3.05) is 26.2 Å². The predicted octanol–water partition coefficient (Wildman–Crippen LogP) is 1.16. The van der Waals surface area contributed by atoms with Crippen LogP contribution >= 0.6 is 0 Å². The van der Waals surface area contributed by atoms with E-state index in [1.54, 1.807) is 11.1 Å². The number of hydrogen-bond donors (Lipinski definition) is 1. The summed E-state index contributed by atoms with van der Waals surface area (Å²) in [4.78, 5) is 2.35. The van der Waals surface area contributed by atoms with Crippen LogP contribution in [0.1, 0.15) is 25.7 Å². The molecular weight excluding hydrogens is 150 g/mol. The van der Waals surface area contributed by atoms with E-state index in [-0.39, 0.29) is 0 Å². The fourth-order valence-corrected chi connectivity index (χ4v) is 1.96. The molecule has 0 bridgehead atoms. The summed E-state index contributed by atoms with van der Waals surface area (Å²) in [5, 5.41) is 8.75. The standard InChI is InChI=1S/C10H17NO/c12-8-7-11-5-3-10(4-6-11)9-1-2-9/h12H,1-8H2. The SMILES string of the molecule is OCCN1CCC(=C2CC2)CC1. The monoisotopic (exact) mass is 167 g/mol. The Balaban J connectivity index is 1.81. The van der Waals surface area contributed by atoms with E-state index in [0.717, 1.165) is 6.54 Å². The van der Waals surface area contributed by atoms with Crippen LogP contribution < -0.4 is 0 Å². The van der Waals surface area contributed by atoms with Gasteiger partial charge in [-0.3, -0.25) is 0 Å². The normalized spacial score (nSPS) is 24.8. The Labute approximate surface area is 73.9 Å². The quantitative estimate of drug-likeness (QED) is 0.624. The average molecular weight is 167 g/mol. The Kier molecular flexibility index (Phi) is 2.47. The third kappa shape index (κ3) is 1.87. The second-order valence-electron chi connectivity index (χ2n) is 3.77. The van der Waals surface area contributed by atoms with Gasteiger partial charge in [0.15, 0.2) is 0 Å². The predicted molar refractivity (Wildman–Crippen MR) is 49.0 cm³/mol. The van der Waals surface area contributed by atoms with Gasteiger partial charge in [-0.25, -0.2) is 0 Å².